The minimum atomic E-state index is 0.814. The third kappa shape index (κ3) is 3.42. The van der Waals surface area contributed by atoms with Crippen LogP contribution in [-0.4, -0.2) is 43.6 Å². The lowest BCUT2D eigenvalue weighted by Crippen LogP contribution is -2.43. The van der Waals surface area contributed by atoms with Gasteiger partial charge in [0.15, 0.2) is 0 Å². The molecule has 110 valence electrons. The average molecular weight is 300 g/mol. The summed E-state index contributed by atoms with van der Waals surface area (Å²) in [6.45, 7) is 5.44. The molecule has 3 nitrogen and oxygen atoms in total. The molecule has 0 atom stereocenters. The van der Waals surface area contributed by atoms with Gasteiger partial charge in [-0.15, -0.1) is 11.3 Å². The van der Waals surface area contributed by atoms with Gasteiger partial charge in [0.25, 0.3) is 0 Å². The van der Waals surface area contributed by atoms with Crippen LogP contribution < -0.4 is 5.32 Å². The lowest BCUT2D eigenvalue weighted by Gasteiger charge is -2.27. The topological polar surface area (TPSA) is 32.3 Å². The van der Waals surface area contributed by atoms with Crippen LogP contribution in [0.15, 0.2) is 29.6 Å². The molecule has 0 spiro atoms. The van der Waals surface area contributed by atoms with Gasteiger partial charge in [0.2, 0.25) is 0 Å². The van der Waals surface area contributed by atoms with Crippen molar-refractivity contribution in [1.29, 1.82) is 0 Å². The minimum Gasteiger partial charge on any atom is -0.314 e. The first-order chi connectivity index (χ1) is 10.4. The van der Waals surface area contributed by atoms with Gasteiger partial charge in [-0.05, 0) is 25.5 Å². The van der Waals surface area contributed by atoms with Crippen LogP contribution in [0.4, 0.5) is 0 Å². The Morgan fingerprint density at radius 3 is 2.90 bits per heavy atom. The van der Waals surface area contributed by atoms with Gasteiger partial charge in [-0.25, -0.2) is 4.79 Å². The molecular weight excluding hydrogens is 280 g/mol. The number of rotatable bonds is 5. The van der Waals surface area contributed by atoms with Crippen molar-refractivity contribution in [2.24, 2.45) is 0 Å². The van der Waals surface area contributed by atoms with E-state index in [1.165, 1.54) is 10.1 Å². The van der Waals surface area contributed by atoms with Crippen LogP contribution in [0.3, 0.4) is 0 Å². The molecular formula is C17H20N2OS. The predicted octanol–water partition coefficient (Wildman–Crippen LogP) is 2.80. The number of benzene rings is 1. The Kier molecular flexibility index (Phi) is 4.84. The van der Waals surface area contributed by atoms with Crippen molar-refractivity contribution in [1.82, 2.24) is 10.2 Å². The van der Waals surface area contributed by atoms with Crippen molar-refractivity contribution in [2.45, 2.75) is 12.8 Å². The fourth-order valence-electron chi connectivity index (χ4n) is 2.87. The summed E-state index contributed by atoms with van der Waals surface area (Å²) in [6.07, 6.45) is 1.84. The maximum atomic E-state index is 11.3. The number of allylic oxidation sites excluding steroid dienone is 1. The van der Waals surface area contributed by atoms with Crippen LogP contribution in [-0.2, 0) is 4.79 Å². The standard InChI is InChI=1S/C17H20N2OS/c20-12-14(4-3-9-19-10-7-18-8-11-19)16-13-21-17-6-2-1-5-15(16)17/h1-2,5-6,13,18H,3-4,7-11H2. The Labute approximate surface area is 129 Å². The largest absolute Gasteiger partial charge is 0.314 e. The van der Waals surface area contributed by atoms with Crippen LogP contribution in [0.2, 0.25) is 0 Å². The van der Waals surface area contributed by atoms with Gasteiger partial charge in [-0.3, -0.25) is 0 Å². The maximum absolute atomic E-state index is 11.3. The van der Waals surface area contributed by atoms with Crippen LogP contribution >= 0.6 is 11.3 Å². The van der Waals surface area contributed by atoms with Crippen molar-refractivity contribution in [3.05, 3.63) is 35.2 Å². The second-order valence-corrected chi connectivity index (χ2v) is 6.33. The van der Waals surface area contributed by atoms with Gasteiger partial charge >= 0.3 is 0 Å². The van der Waals surface area contributed by atoms with Gasteiger partial charge in [-0.1, -0.05) is 18.2 Å². The highest BCUT2D eigenvalue weighted by atomic mass is 32.1. The summed E-state index contributed by atoms with van der Waals surface area (Å²) in [5, 5.41) is 6.64. The smallest absolute Gasteiger partial charge is 0.128 e. The molecule has 1 saturated heterocycles. The van der Waals surface area contributed by atoms with Crippen LogP contribution in [0.1, 0.15) is 18.4 Å². The SMILES string of the molecule is O=C=C(CCCN1CCNCC1)c1csc2ccccc12. The van der Waals surface area contributed by atoms with E-state index in [2.05, 4.69) is 33.7 Å². The number of piperazine rings is 1. The van der Waals surface area contributed by atoms with E-state index in [-0.39, 0.29) is 0 Å². The normalized spacial score (nSPS) is 16.0. The molecule has 4 heteroatoms. The fraction of sp³-hybridized carbons (Fsp3) is 0.412. The second-order valence-electron chi connectivity index (χ2n) is 5.42. The minimum absolute atomic E-state index is 0.814. The molecule has 1 aliphatic rings. The summed E-state index contributed by atoms with van der Waals surface area (Å²) in [6, 6.07) is 8.26. The number of carbonyl (C=O) groups excluding carboxylic acids is 1. The average Bonchev–Trinajstić information content (AvgIpc) is 2.97. The molecule has 0 radical (unpaired) electrons. The van der Waals surface area contributed by atoms with Crippen molar-refractivity contribution in [3.8, 4) is 0 Å². The third-order valence-corrected chi connectivity index (χ3v) is 5.00. The molecule has 1 aromatic heterocycles. The number of hydrogen-bond donors (Lipinski definition) is 1. The van der Waals surface area contributed by atoms with Gasteiger partial charge in [0.1, 0.15) is 5.94 Å². The number of nitrogens with one attached hydrogen (secondary N) is 1. The molecule has 0 saturated carbocycles. The molecule has 0 unspecified atom stereocenters. The highest BCUT2D eigenvalue weighted by Crippen LogP contribution is 2.31. The molecule has 3 rings (SSSR count). The fourth-order valence-corrected chi connectivity index (χ4v) is 3.84. The molecule has 1 fully saturated rings. The van der Waals surface area contributed by atoms with E-state index in [1.807, 2.05) is 12.1 Å². The van der Waals surface area contributed by atoms with E-state index in [0.717, 1.165) is 56.7 Å². The summed E-state index contributed by atoms with van der Waals surface area (Å²) < 4.78 is 1.24. The summed E-state index contributed by atoms with van der Waals surface area (Å²) in [5.41, 5.74) is 1.90. The summed E-state index contributed by atoms with van der Waals surface area (Å²) in [5.74, 6) is 2.18. The molecule has 0 amide bonds. The Hall–Kier alpha value is -1.45. The first kappa shape index (κ1) is 14.5. The predicted molar refractivity (Wildman–Crippen MR) is 89.5 cm³/mol. The van der Waals surface area contributed by atoms with Crippen LogP contribution in [0, 0.1) is 0 Å². The van der Waals surface area contributed by atoms with E-state index >= 15 is 0 Å². The first-order valence-corrected chi connectivity index (χ1v) is 8.40. The number of nitrogens with zero attached hydrogens (tertiary/aromatic N) is 1. The molecule has 0 bridgehead atoms. The Balaban J connectivity index is 1.64. The molecule has 1 N–H and O–H groups in total. The highest BCUT2D eigenvalue weighted by molar-refractivity contribution is 7.17. The number of hydrogen-bond acceptors (Lipinski definition) is 4. The Bertz CT molecular complexity index is 652. The second kappa shape index (κ2) is 7.01. The first-order valence-electron chi connectivity index (χ1n) is 7.52. The molecule has 1 aromatic carbocycles. The summed E-state index contributed by atoms with van der Waals surface area (Å²) in [7, 11) is 0. The van der Waals surface area contributed by atoms with E-state index in [9.17, 15) is 4.79 Å². The van der Waals surface area contributed by atoms with Gasteiger partial charge in [-0.2, -0.15) is 0 Å². The van der Waals surface area contributed by atoms with E-state index in [4.69, 9.17) is 0 Å². The van der Waals surface area contributed by atoms with Gasteiger partial charge in [0, 0.05) is 52.8 Å². The van der Waals surface area contributed by atoms with Crippen molar-refractivity contribution in [3.63, 3.8) is 0 Å². The maximum Gasteiger partial charge on any atom is 0.128 e. The Morgan fingerprint density at radius 2 is 2.10 bits per heavy atom. The zero-order chi connectivity index (χ0) is 14.5. The van der Waals surface area contributed by atoms with Crippen LogP contribution in [0.25, 0.3) is 15.7 Å². The molecule has 2 aromatic rings. The van der Waals surface area contributed by atoms with Gasteiger partial charge < -0.3 is 10.2 Å². The number of fused-ring (bicyclic) bond motifs is 1. The van der Waals surface area contributed by atoms with Crippen molar-refractivity contribution in [2.75, 3.05) is 32.7 Å². The molecule has 0 aliphatic carbocycles. The van der Waals surface area contributed by atoms with E-state index in [1.54, 1.807) is 11.3 Å². The monoisotopic (exact) mass is 300 g/mol. The van der Waals surface area contributed by atoms with E-state index in [0.29, 0.717) is 0 Å². The third-order valence-electron chi connectivity index (χ3n) is 4.04. The molecule has 2 heterocycles. The zero-order valence-electron chi connectivity index (χ0n) is 12.1. The molecule has 21 heavy (non-hydrogen) atoms. The van der Waals surface area contributed by atoms with Gasteiger partial charge in [0.05, 0.1) is 0 Å². The van der Waals surface area contributed by atoms with Crippen LogP contribution in [0.5, 0.6) is 0 Å². The van der Waals surface area contributed by atoms with E-state index < -0.39 is 0 Å². The van der Waals surface area contributed by atoms with Crippen molar-refractivity contribution < 1.29 is 4.79 Å². The zero-order valence-corrected chi connectivity index (χ0v) is 12.9. The number of thiophene rings is 1. The quantitative estimate of drug-likeness (QED) is 0.862. The van der Waals surface area contributed by atoms with Crippen molar-refractivity contribution >= 4 is 32.9 Å². The lowest BCUT2D eigenvalue weighted by molar-refractivity contribution is 0.239. The molecule has 1 aliphatic heterocycles. The Morgan fingerprint density at radius 1 is 1.29 bits per heavy atom. The highest BCUT2D eigenvalue weighted by Gasteiger charge is 2.12. The summed E-state index contributed by atoms with van der Waals surface area (Å²) in [4.78, 5) is 13.8. The lowest BCUT2D eigenvalue weighted by atomic mass is 10.0. The summed E-state index contributed by atoms with van der Waals surface area (Å²) >= 11 is 1.70.